The monoisotopic (exact) mass is 416 g/mol. The van der Waals surface area contributed by atoms with E-state index in [-0.39, 0.29) is 6.09 Å². The largest absolute Gasteiger partial charge is 0.444 e. The summed E-state index contributed by atoms with van der Waals surface area (Å²) in [5, 5.41) is 5.25. The maximum absolute atomic E-state index is 12.4. The van der Waals surface area contributed by atoms with E-state index in [1.165, 1.54) is 12.8 Å². The molecule has 1 N–H and O–H groups in total. The molecule has 2 aromatic rings. The number of piperazine rings is 1. The molecule has 7 heteroatoms. The highest BCUT2D eigenvalue weighted by Crippen LogP contribution is 2.33. The average Bonchev–Trinajstić information content (AvgIpc) is 3.48. The van der Waals surface area contributed by atoms with Gasteiger partial charge in [0.15, 0.2) is 0 Å². The smallest absolute Gasteiger partial charge is 0.410 e. The molecule has 1 saturated heterocycles. The van der Waals surface area contributed by atoms with Crippen LogP contribution >= 0.6 is 11.6 Å². The van der Waals surface area contributed by atoms with Gasteiger partial charge in [-0.25, -0.2) is 9.78 Å². The van der Waals surface area contributed by atoms with Gasteiger partial charge in [0.05, 0.1) is 5.52 Å². The summed E-state index contributed by atoms with van der Waals surface area (Å²) < 4.78 is 5.51. The molecule has 156 valence electrons. The van der Waals surface area contributed by atoms with Crippen LogP contribution in [0.15, 0.2) is 24.3 Å². The molecule has 0 unspecified atom stereocenters. The maximum Gasteiger partial charge on any atom is 0.410 e. The third-order valence-electron chi connectivity index (χ3n) is 5.29. The van der Waals surface area contributed by atoms with Gasteiger partial charge in [-0.1, -0.05) is 11.6 Å². The lowest BCUT2D eigenvalue weighted by molar-refractivity contribution is 0.0240. The van der Waals surface area contributed by atoms with Crippen molar-refractivity contribution >= 4 is 40.1 Å². The molecule has 1 amide bonds. The third kappa shape index (κ3) is 5.04. The molecule has 29 heavy (non-hydrogen) atoms. The summed E-state index contributed by atoms with van der Waals surface area (Å²) in [6.07, 6.45) is 2.35. The molecule has 2 fully saturated rings. The van der Waals surface area contributed by atoms with E-state index in [1.807, 2.05) is 39.0 Å². The van der Waals surface area contributed by atoms with Crippen molar-refractivity contribution in [3.8, 4) is 0 Å². The van der Waals surface area contributed by atoms with Crippen molar-refractivity contribution in [2.24, 2.45) is 5.92 Å². The Bertz CT molecular complexity index is 900. The van der Waals surface area contributed by atoms with Crippen molar-refractivity contribution in [2.75, 3.05) is 42.9 Å². The summed E-state index contributed by atoms with van der Waals surface area (Å²) in [7, 11) is 0. The van der Waals surface area contributed by atoms with E-state index in [0.29, 0.717) is 18.1 Å². The van der Waals surface area contributed by atoms with Crippen LogP contribution in [0.2, 0.25) is 5.02 Å². The number of halogens is 1. The first-order chi connectivity index (χ1) is 13.8. The molecule has 0 atom stereocenters. The van der Waals surface area contributed by atoms with Gasteiger partial charge < -0.3 is 19.9 Å². The second-order valence-electron chi connectivity index (χ2n) is 8.97. The number of hydrogen-bond acceptors (Lipinski definition) is 5. The molecule has 0 radical (unpaired) electrons. The Morgan fingerprint density at radius 2 is 1.93 bits per heavy atom. The predicted molar refractivity (Wildman–Crippen MR) is 118 cm³/mol. The van der Waals surface area contributed by atoms with E-state index in [9.17, 15) is 4.79 Å². The topological polar surface area (TPSA) is 57.7 Å². The number of fused-ring (bicyclic) bond motifs is 1. The molecule has 2 aliphatic rings. The number of ether oxygens (including phenoxy) is 1. The van der Waals surface area contributed by atoms with E-state index in [2.05, 4.69) is 16.3 Å². The summed E-state index contributed by atoms with van der Waals surface area (Å²) in [5.41, 5.74) is 1.55. The number of pyridine rings is 1. The number of amides is 1. The quantitative estimate of drug-likeness (QED) is 0.778. The summed E-state index contributed by atoms with van der Waals surface area (Å²) >= 11 is 6.22. The number of rotatable bonds is 4. The molecule has 1 saturated carbocycles. The molecule has 1 aromatic carbocycles. The van der Waals surface area contributed by atoms with Crippen LogP contribution in [-0.4, -0.2) is 54.3 Å². The minimum Gasteiger partial charge on any atom is -0.444 e. The Labute approximate surface area is 177 Å². The highest BCUT2D eigenvalue weighted by Gasteiger charge is 2.27. The predicted octanol–water partition coefficient (Wildman–Crippen LogP) is 4.77. The lowest BCUT2D eigenvalue weighted by Gasteiger charge is -2.37. The van der Waals surface area contributed by atoms with Crippen LogP contribution in [0.5, 0.6) is 0 Å². The van der Waals surface area contributed by atoms with Crippen LogP contribution in [0.1, 0.15) is 33.6 Å². The Balaban J connectivity index is 1.52. The molecule has 0 bridgehead atoms. The minimum atomic E-state index is -0.475. The zero-order valence-corrected chi connectivity index (χ0v) is 18.1. The fourth-order valence-corrected chi connectivity index (χ4v) is 3.73. The van der Waals surface area contributed by atoms with Gasteiger partial charge in [0, 0.05) is 54.9 Å². The van der Waals surface area contributed by atoms with E-state index in [1.54, 1.807) is 4.90 Å². The lowest BCUT2D eigenvalue weighted by Crippen LogP contribution is -2.50. The zero-order valence-electron chi connectivity index (χ0n) is 17.4. The van der Waals surface area contributed by atoms with Gasteiger partial charge in [-0.2, -0.15) is 0 Å². The zero-order chi connectivity index (χ0) is 20.6. The Hall–Kier alpha value is -2.21. The summed E-state index contributed by atoms with van der Waals surface area (Å²) in [6.45, 7) is 9.42. The van der Waals surface area contributed by atoms with E-state index < -0.39 is 5.60 Å². The SMILES string of the molecule is CC(C)(C)OC(=O)N1CCN(c2cc(NCC3CC3)nc3cc(Cl)ccc23)CC1. The van der Waals surface area contributed by atoms with Gasteiger partial charge in [-0.3, -0.25) is 0 Å². The lowest BCUT2D eigenvalue weighted by atomic mass is 10.1. The standard InChI is InChI=1S/C22H29ClN4O2/c1-22(2,3)29-21(28)27-10-8-26(9-11-27)19-13-20(24-14-15-4-5-15)25-18-12-16(23)6-7-17(18)19/h6-7,12-13,15H,4-5,8-11,14H2,1-3H3,(H,24,25). The second kappa shape index (κ2) is 7.90. The number of carbonyl (C=O) groups is 1. The first kappa shape index (κ1) is 20.1. The van der Waals surface area contributed by atoms with Crippen LogP contribution in [0.4, 0.5) is 16.3 Å². The highest BCUT2D eigenvalue weighted by molar-refractivity contribution is 6.31. The van der Waals surface area contributed by atoms with Gasteiger partial charge in [-0.15, -0.1) is 0 Å². The first-order valence-corrected chi connectivity index (χ1v) is 10.7. The molecule has 6 nitrogen and oxygen atoms in total. The van der Waals surface area contributed by atoms with Crippen molar-refractivity contribution < 1.29 is 9.53 Å². The number of aromatic nitrogens is 1. The highest BCUT2D eigenvalue weighted by atomic mass is 35.5. The van der Waals surface area contributed by atoms with Crippen molar-refractivity contribution in [1.29, 1.82) is 0 Å². The van der Waals surface area contributed by atoms with Gasteiger partial charge in [0.1, 0.15) is 11.4 Å². The van der Waals surface area contributed by atoms with Gasteiger partial charge >= 0.3 is 6.09 Å². The maximum atomic E-state index is 12.4. The second-order valence-corrected chi connectivity index (χ2v) is 9.40. The summed E-state index contributed by atoms with van der Waals surface area (Å²) in [5.74, 6) is 1.66. The summed E-state index contributed by atoms with van der Waals surface area (Å²) in [4.78, 5) is 21.2. The molecular formula is C22H29ClN4O2. The Morgan fingerprint density at radius 3 is 2.59 bits per heavy atom. The molecule has 1 aromatic heterocycles. The molecule has 0 spiro atoms. The van der Waals surface area contributed by atoms with E-state index >= 15 is 0 Å². The fraction of sp³-hybridized carbons (Fsp3) is 0.545. The fourth-order valence-electron chi connectivity index (χ4n) is 3.56. The molecule has 1 aliphatic heterocycles. The normalized spacial score (nSPS) is 17.5. The van der Waals surface area contributed by atoms with Crippen molar-refractivity contribution in [1.82, 2.24) is 9.88 Å². The van der Waals surface area contributed by atoms with E-state index in [4.69, 9.17) is 21.3 Å². The number of carbonyl (C=O) groups excluding carboxylic acids is 1. The van der Waals surface area contributed by atoms with Crippen LogP contribution in [0, 0.1) is 5.92 Å². The minimum absolute atomic E-state index is 0.240. The Morgan fingerprint density at radius 1 is 1.21 bits per heavy atom. The first-order valence-electron chi connectivity index (χ1n) is 10.4. The van der Waals surface area contributed by atoms with Gasteiger partial charge in [0.2, 0.25) is 0 Å². The number of nitrogens with one attached hydrogen (secondary N) is 1. The number of hydrogen-bond donors (Lipinski definition) is 1. The van der Waals surface area contributed by atoms with Crippen molar-refractivity contribution in [2.45, 2.75) is 39.2 Å². The molecule has 4 rings (SSSR count). The van der Waals surface area contributed by atoms with Crippen LogP contribution in [0.3, 0.4) is 0 Å². The third-order valence-corrected chi connectivity index (χ3v) is 5.53. The summed E-state index contributed by atoms with van der Waals surface area (Å²) in [6, 6.07) is 7.98. The number of anilines is 2. The molecule has 1 aliphatic carbocycles. The number of nitrogens with zero attached hydrogens (tertiary/aromatic N) is 3. The molecular weight excluding hydrogens is 388 g/mol. The van der Waals surface area contributed by atoms with Crippen LogP contribution in [0.25, 0.3) is 10.9 Å². The number of benzene rings is 1. The van der Waals surface area contributed by atoms with Crippen LogP contribution in [-0.2, 0) is 4.74 Å². The average molecular weight is 417 g/mol. The van der Waals surface area contributed by atoms with Crippen molar-refractivity contribution in [3.63, 3.8) is 0 Å². The van der Waals surface area contributed by atoms with Crippen LogP contribution < -0.4 is 10.2 Å². The van der Waals surface area contributed by atoms with Crippen molar-refractivity contribution in [3.05, 3.63) is 29.3 Å². The van der Waals surface area contributed by atoms with Gasteiger partial charge in [-0.05, 0) is 57.7 Å². The molecule has 2 heterocycles. The van der Waals surface area contributed by atoms with Gasteiger partial charge in [0.25, 0.3) is 0 Å². The van der Waals surface area contributed by atoms with E-state index in [0.717, 1.165) is 48.0 Å². The Kier molecular flexibility index (Phi) is 5.47.